The van der Waals surface area contributed by atoms with Crippen molar-refractivity contribution in [2.45, 2.75) is 51.4 Å². The number of aryl methyl sites for hydroxylation is 1. The van der Waals surface area contributed by atoms with Crippen molar-refractivity contribution in [3.63, 3.8) is 0 Å². The maximum Gasteiger partial charge on any atom is 0.188 e. The summed E-state index contributed by atoms with van der Waals surface area (Å²) in [7, 11) is -2.11. The Kier molecular flexibility index (Phi) is 4.46. The smallest absolute Gasteiger partial charge is 0.188 e. The minimum atomic E-state index is -2.11. The third kappa shape index (κ3) is 3.91. The highest BCUT2D eigenvalue weighted by atomic mass is 28.4. The molecule has 0 bridgehead atoms. The van der Waals surface area contributed by atoms with Gasteiger partial charge in [0.2, 0.25) is 0 Å². The first kappa shape index (κ1) is 14.3. The fourth-order valence-corrected chi connectivity index (χ4v) is 2.27. The lowest BCUT2D eigenvalue weighted by Crippen LogP contribution is -2.39. The molecule has 0 spiro atoms. The predicted octanol–water partition coefficient (Wildman–Crippen LogP) is 2.45. The summed E-state index contributed by atoms with van der Waals surface area (Å²) in [5.41, 5.74) is 7.57. The number of pyridine rings is 1. The maximum atomic E-state index is 10.2. The van der Waals surface area contributed by atoms with E-state index in [1.807, 2.05) is 31.3 Å². The van der Waals surface area contributed by atoms with E-state index in [4.69, 9.17) is 5.73 Å². The summed E-state index contributed by atoms with van der Waals surface area (Å²) in [4.78, 5) is 14.7. The molecule has 4 heteroatoms. The molecule has 1 rings (SSSR count). The van der Waals surface area contributed by atoms with Gasteiger partial charge in [-0.3, -0.25) is 4.98 Å². The van der Waals surface area contributed by atoms with E-state index in [1.54, 1.807) is 0 Å². The second kappa shape index (κ2) is 5.29. The van der Waals surface area contributed by atoms with E-state index in [2.05, 4.69) is 18.8 Å². The molecule has 3 nitrogen and oxygen atoms in total. The lowest BCUT2D eigenvalue weighted by molar-refractivity contribution is 0.450. The average Bonchev–Trinajstić information content (AvgIpc) is 2.25. The van der Waals surface area contributed by atoms with Crippen LogP contribution in [0.5, 0.6) is 0 Å². The van der Waals surface area contributed by atoms with Gasteiger partial charge in [-0.2, -0.15) is 0 Å². The van der Waals surface area contributed by atoms with E-state index in [9.17, 15) is 4.80 Å². The standard InChI is InChI=1S/C13H24N2OSi/c1-13(2,17(3,4)16)9-8-11-6-5-7-12(10-14)15-11/h5-7,16H,8-10,14H2,1-4H3. The average molecular weight is 252 g/mol. The predicted molar refractivity (Wildman–Crippen MR) is 74.2 cm³/mol. The highest BCUT2D eigenvalue weighted by molar-refractivity contribution is 6.72. The van der Waals surface area contributed by atoms with Crippen LogP contribution in [-0.4, -0.2) is 18.1 Å². The van der Waals surface area contributed by atoms with Gasteiger partial charge in [0.1, 0.15) is 0 Å². The van der Waals surface area contributed by atoms with Gasteiger partial charge in [0.25, 0.3) is 0 Å². The van der Waals surface area contributed by atoms with Gasteiger partial charge in [0.15, 0.2) is 8.32 Å². The zero-order chi connectivity index (χ0) is 13.1. The molecule has 1 aromatic heterocycles. The van der Waals surface area contributed by atoms with Gasteiger partial charge in [0, 0.05) is 12.2 Å². The van der Waals surface area contributed by atoms with Crippen LogP contribution >= 0.6 is 0 Å². The molecule has 0 atom stereocenters. The fraction of sp³-hybridized carbons (Fsp3) is 0.615. The van der Waals surface area contributed by atoms with Gasteiger partial charge in [-0.15, -0.1) is 0 Å². The molecule has 0 unspecified atom stereocenters. The zero-order valence-corrected chi connectivity index (χ0v) is 12.3. The molecule has 3 N–H and O–H groups in total. The Morgan fingerprint density at radius 3 is 2.41 bits per heavy atom. The molecule has 0 radical (unpaired) electrons. The molecule has 0 saturated heterocycles. The molecule has 0 aliphatic rings. The lowest BCUT2D eigenvalue weighted by Gasteiger charge is -2.35. The van der Waals surface area contributed by atoms with Crippen LogP contribution in [0, 0.1) is 0 Å². The van der Waals surface area contributed by atoms with Crippen LogP contribution in [0.1, 0.15) is 31.7 Å². The Morgan fingerprint density at radius 1 is 1.29 bits per heavy atom. The molecule has 96 valence electrons. The van der Waals surface area contributed by atoms with Gasteiger partial charge >= 0.3 is 0 Å². The molecule has 1 aromatic rings. The minimum absolute atomic E-state index is 0.00734. The number of aromatic nitrogens is 1. The summed E-state index contributed by atoms with van der Waals surface area (Å²) in [5.74, 6) is 0. The van der Waals surface area contributed by atoms with Crippen LogP contribution in [0.25, 0.3) is 0 Å². The van der Waals surface area contributed by atoms with Crippen LogP contribution in [0.2, 0.25) is 18.1 Å². The van der Waals surface area contributed by atoms with Crippen LogP contribution in [-0.2, 0) is 13.0 Å². The van der Waals surface area contributed by atoms with Crippen molar-refractivity contribution >= 4 is 8.32 Å². The minimum Gasteiger partial charge on any atom is -0.432 e. The third-order valence-corrected chi connectivity index (χ3v) is 7.30. The van der Waals surface area contributed by atoms with E-state index in [0.29, 0.717) is 6.54 Å². The highest BCUT2D eigenvalue weighted by Gasteiger charge is 2.37. The molecule has 0 aromatic carbocycles. The molecule has 0 aliphatic carbocycles. The number of hydrogen-bond donors (Lipinski definition) is 2. The van der Waals surface area contributed by atoms with Crippen molar-refractivity contribution in [2.24, 2.45) is 5.73 Å². The van der Waals surface area contributed by atoms with Crippen molar-refractivity contribution in [1.29, 1.82) is 0 Å². The molecule has 0 saturated carbocycles. The van der Waals surface area contributed by atoms with Crippen molar-refractivity contribution in [3.8, 4) is 0 Å². The van der Waals surface area contributed by atoms with E-state index in [1.165, 1.54) is 0 Å². The van der Waals surface area contributed by atoms with E-state index in [-0.39, 0.29) is 5.04 Å². The highest BCUT2D eigenvalue weighted by Crippen LogP contribution is 2.39. The van der Waals surface area contributed by atoms with Crippen molar-refractivity contribution in [2.75, 3.05) is 0 Å². The molecular weight excluding hydrogens is 228 g/mol. The largest absolute Gasteiger partial charge is 0.432 e. The topological polar surface area (TPSA) is 59.1 Å². The van der Waals surface area contributed by atoms with Crippen molar-refractivity contribution in [3.05, 3.63) is 29.6 Å². The first-order valence-corrected chi connectivity index (χ1v) is 9.08. The van der Waals surface area contributed by atoms with E-state index < -0.39 is 8.32 Å². The number of rotatable bonds is 5. The molecule has 0 amide bonds. The molecular formula is C13H24N2OSi. The maximum absolute atomic E-state index is 10.2. The summed E-state index contributed by atoms with van der Waals surface area (Å²) in [6.45, 7) is 8.77. The quantitative estimate of drug-likeness (QED) is 0.791. The lowest BCUT2D eigenvalue weighted by atomic mass is 10.0. The Morgan fingerprint density at radius 2 is 1.88 bits per heavy atom. The van der Waals surface area contributed by atoms with Crippen LogP contribution in [0.15, 0.2) is 18.2 Å². The van der Waals surface area contributed by atoms with Crippen molar-refractivity contribution < 1.29 is 4.80 Å². The molecule has 17 heavy (non-hydrogen) atoms. The SMILES string of the molecule is CC(C)(CCc1cccc(CN)n1)[Si](C)(C)O. The number of nitrogens with two attached hydrogens (primary N) is 1. The van der Waals surface area contributed by atoms with E-state index >= 15 is 0 Å². The summed E-state index contributed by atoms with van der Waals surface area (Å²) in [6, 6.07) is 5.97. The van der Waals surface area contributed by atoms with Crippen LogP contribution < -0.4 is 5.73 Å². The number of nitrogens with zero attached hydrogens (tertiary/aromatic N) is 1. The monoisotopic (exact) mass is 252 g/mol. The fourth-order valence-electron chi connectivity index (χ4n) is 1.53. The Balaban J connectivity index is 2.67. The van der Waals surface area contributed by atoms with Gasteiger partial charge in [-0.1, -0.05) is 19.9 Å². The van der Waals surface area contributed by atoms with Crippen LogP contribution in [0.4, 0.5) is 0 Å². The Bertz CT molecular complexity index is 372. The van der Waals surface area contributed by atoms with Crippen molar-refractivity contribution in [1.82, 2.24) is 4.98 Å². The molecule has 0 aliphatic heterocycles. The zero-order valence-electron chi connectivity index (χ0n) is 11.3. The summed E-state index contributed by atoms with van der Waals surface area (Å²) >= 11 is 0. The summed E-state index contributed by atoms with van der Waals surface area (Å²) in [6.07, 6.45) is 1.86. The third-order valence-electron chi connectivity index (χ3n) is 3.74. The summed E-state index contributed by atoms with van der Waals surface area (Å²) in [5, 5.41) is 0.00734. The van der Waals surface area contributed by atoms with Crippen LogP contribution in [0.3, 0.4) is 0 Å². The Labute approximate surface area is 105 Å². The Hall–Kier alpha value is -0.713. The second-order valence-corrected chi connectivity index (χ2v) is 10.2. The molecule has 1 heterocycles. The normalized spacial score (nSPS) is 12.8. The summed E-state index contributed by atoms with van der Waals surface area (Å²) < 4.78 is 0. The van der Waals surface area contributed by atoms with Gasteiger partial charge < -0.3 is 10.5 Å². The van der Waals surface area contributed by atoms with Gasteiger partial charge in [-0.05, 0) is 43.1 Å². The first-order valence-electron chi connectivity index (χ1n) is 6.13. The van der Waals surface area contributed by atoms with Gasteiger partial charge in [-0.25, -0.2) is 0 Å². The molecule has 0 fully saturated rings. The second-order valence-electron chi connectivity index (χ2n) is 5.77. The number of hydrogen-bond acceptors (Lipinski definition) is 3. The first-order chi connectivity index (χ1) is 7.76. The van der Waals surface area contributed by atoms with Gasteiger partial charge in [0.05, 0.1) is 5.69 Å². The van der Waals surface area contributed by atoms with E-state index in [0.717, 1.165) is 24.2 Å².